The van der Waals surface area contributed by atoms with E-state index in [-0.39, 0.29) is 0 Å². The number of rotatable bonds is 0. The van der Waals surface area contributed by atoms with Gasteiger partial charge in [0.2, 0.25) is 0 Å². The lowest BCUT2D eigenvalue weighted by atomic mass is 10.2. The lowest BCUT2D eigenvalue weighted by Gasteiger charge is -1.95. The van der Waals surface area contributed by atoms with Crippen molar-refractivity contribution < 1.29 is 0 Å². The Morgan fingerprint density at radius 3 is 1.91 bits per heavy atom. The van der Waals surface area contributed by atoms with Crippen LogP contribution in [-0.2, 0) is 0 Å². The van der Waals surface area contributed by atoms with Crippen LogP contribution in [0.4, 0.5) is 0 Å². The molecule has 0 bridgehead atoms. The average Bonchev–Trinajstić information content (AvgIpc) is 2.64. The first-order valence-corrected chi connectivity index (χ1v) is 7.94. The summed E-state index contributed by atoms with van der Waals surface area (Å²) in [4.78, 5) is 8.46. The molecule has 4 aromatic rings. The molecule has 0 spiro atoms. The van der Waals surface area contributed by atoms with Crippen molar-refractivity contribution in [1.82, 2.24) is 9.97 Å². The molecule has 0 unspecified atom stereocenters. The highest BCUT2D eigenvalue weighted by Gasteiger charge is 1.91. The van der Waals surface area contributed by atoms with Gasteiger partial charge < -0.3 is 0 Å². The van der Waals surface area contributed by atoms with Gasteiger partial charge in [-0.25, -0.2) is 0 Å². The molecule has 2 aromatic carbocycles. The lowest BCUT2D eigenvalue weighted by Crippen LogP contribution is -1.78. The maximum absolute atomic E-state index is 4.28. The van der Waals surface area contributed by atoms with Crippen molar-refractivity contribution in [3.05, 3.63) is 84.7 Å². The molecule has 0 N–H and O–H groups in total. The van der Waals surface area contributed by atoms with E-state index in [1.54, 1.807) is 0 Å². The van der Waals surface area contributed by atoms with Gasteiger partial charge in [-0.15, -0.1) is 0 Å². The second kappa shape index (κ2) is 8.64. The minimum Gasteiger partial charge on any atom is -0.256 e. The molecular weight excluding hydrogens is 280 g/mol. The topological polar surface area (TPSA) is 25.8 Å². The van der Waals surface area contributed by atoms with Crippen molar-refractivity contribution in [2.75, 3.05) is 0 Å². The molecule has 0 saturated carbocycles. The molecule has 2 aromatic heterocycles. The normalized spacial score (nSPS) is 9.52. The smallest absolute Gasteiger partial charge is 0.0702 e. The molecule has 0 aliphatic rings. The SMILES string of the molecule is CC.Cc1cnc2ccccc2c1.c1ccc2ncccc2c1. The maximum Gasteiger partial charge on any atom is 0.0702 e. The van der Waals surface area contributed by atoms with E-state index < -0.39 is 0 Å². The number of hydrogen-bond donors (Lipinski definition) is 0. The zero-order valence-electron chi connectivity index (χ0n) is 13.9. The fourth-order valence-electron chi connectivity index (χ4n) is 2.20. The van der Waals surface area contributed by atoms with Gasteiger partial charge in [0.25, 0.3) is 0 Å². The van der Waals surface area contributed by atoms with Gasteiger partial charge in [-0.1, -0.05) is 56.3 Å². The number of fused-ring (bicyclic) bond motifs is 2. The van der Waals surface area contributed by atoms with Gasteiger partial charge in [-0.3, -0.25) is 9.97 Å². The summed E-state index contributed by atoms with van der Waals surface area (Å²) in [5.41, 5.74) is 3.34. The molecule has 0 amide bonds. The third-order valence-corrected chi connectivity index (χ3v) is 3.24. The summed E-state index contributed by atoms with van der Waals surface area (Å²) in [5.74, 6) is 0. The Labute approximate surface area is 137 Å². The number of pyridine rings is 2. The van der Waals surface area contributed by atoms with E-state index in [2.05, 4.69) is 41.2 Å². The number of aryl methyl sites for hydroxylation is 1. The van der Waals surface area contributed by atoms with E-state index in [9.17, 15) is 0 Å². The van der Waals surface area contributed by atoms with Gasteiger partial charge in [0.1, 0.15) is 0 Å². The molecule has 0 saturated heterocycles. The predicted octanol–water partition coefficient (Wildman–Crippen LogP) is 5.80. The number of benzene rings is 2. The highest BCUT2D eigenvalue weighted by atomic mass is 14.6. The van der Waals surface area contributed by atoms with E-state index >= 15 is 0 Å². The number of para-hydroxylation sites is 2. The van der Waals surface area contributed by atoms with E-state index in [1.807, 2.05) is 68.7 Å². The first kappa shape index (κ1) is 16.6. The Morgan fingerprint density at radius 2 is 1.22 bits per heavy atom. The molecule has 4 rings (SSSR count). The number of hydrogen-bond acceptors (Lipinski definition) is 2. The summed E-state index contributed by atoms with van der Waals surface area (Å²) in [6.07, 6.45) is 3.70. The monoisotopic (exact) mass is 302 g/mol. The van der Waals surface area contributed by atoms with E-state index in [0.29, 0.717) is 0 Å². The van der Waals surface area contributed by atoms with Crippen molar-refractivity contribution in [3.8, 4) is 0 Å². The molecule has 0 atom stereocenters. The standard InChI is InChI=1S/C10H9N.C9H7N.C2H6/c1-8-6-9-4-2-3-5-10(9)11-7-8;1-2-6-9-8(4-1)5-3-7-10-9;1-2/h2-7H,1H3;1-7H;1-2H3. The summed E-state index contributed by atoms with van der Waals surface area (Å²) in [7, 11) is 0. The summed E-state index contributed by atoms with van der Waals surface area (Å²) in [6.45, 7) is 6.06. The Balaban J connectivity index is 0.000000152. The van der Waals surface area contributed by atoms with E-state index in [0.717, 1.165) is 11.0 Å². The minimum atomic E-state index is 1.06. The zero-order chi connectivity index (χ0) is 16.5. The van der Waals surface area contributed by atoms with Crippen molar-refractivity contribution in [2.45, 2.75) is 20.8 Å². The summed E-state index contributed by atoms with van der Waals surface area (Å²) < 4.78 is 0. The maximum atomic E-state index is 4.28. The zero-order valence-corrected chi connectivity index (χ0v) is 13.9. The Kier molecular flexibility index (Phi) is 6.25. The lowest BCUT2D eigenvalue weighted by molar-refractivity contribution is 1.33. The summed E-state index contributed by atoms with van der Waals surface area (Å²) in [6, 6.07) is 22.4. The predicted molar refractivity (Wildman–Crippen MR) is 99.6 cm³/mol. The molecule has 0 fully saturated rings. The van der Waals surface area contributed by atoms with Gasteiger partial charge in [0.15, 0.2) is 0 Å². The fraction of sp³-hybridized carbons (Fsp3) is 0.143. The fourth-order valence-corrected chi connectivity index (χ4v) is 2.20. The van der Waals surface area contributed by atoms with E-state index in [4.69, 9.17) is 0 Å². The summed E-state index contributed by atoms with van der Waals surface area (Å²) in [5, 5.41) is 2.41. The third kappa shape index (κ3) is 4.62. The molecule has 2 heteroatoms. The van der Waals surface area contributed by atoms with Crippen LogP contribution in [-0.4, -0.2) is 9.97 Å². The Morgan fingerprint density at radius 1 is 0.652 bits per heavy atom. The van der Waals surface area contributed by atoms with Crippen LogP contribution in [0, 0.1) is 6.92 Å². The van der Waals surface area contributed by atoms with Crippen LogP contribution in [0.25, 0.3) is 21.8 Å². The quantitative estimate of drug-likeness (QED) is 0.410. The first-order valence-electron chi connectivity index (χ1n) is 7.94. The highest BCUT2D eigenvalue weighted by molar-refractivity contribution is 5.78. The van der Waals surface area contributed by atoms with Gasteiger partial charge in [-0.2, -0.15) is 0 Å². The van der Waals surface area contributed by atoms with Crippen LogP contribution in [0.5, 0.6) is 0 Å². The molecule has 23 heavy (non-hydrogen) atoms. The molecular formula is C21H22N2. The largest absolute Gasteiger partial charge is 0.256 e. The van der Waals surface area contributed by atoms with Crippen LogP contribution in [0.1, 0.15) is 19.4 Å². The Bertz CT molecular complexity index is 804. The van der Waals surface area contributed by atoms with Gasteiger partial charge in [0, 0.05) is 23.2 Å². The second-order valence-corrected chi connectivity index (χ2v) is 4.90. The van der Waals surface area contributed by atoms with Crippen molar-refractivity contribution in [1.29, 1.82) is 0 Å². The minimum absolute atomic E-state index is 1.06. The van der Waals surface area contributed by atoms with Crippen molar-refractivity contribution in [3.63, 3.8) is 0 Å². The first-order chi connectivity index (χ1) is 11.3. The number of aromatic nitrogens is 2. The van der Waals surface area contributed by atoms with Crippen molar-refractivity contribution in [2.24, 2.45) is 0 Å². The van der Waals surface area contributed by atoms with Crippen LogP contribution in [0.3, 0.4) is 0 Å². The van der Waals surface area contributed by atoms with Gasteiger partial charge >= 0.3 is 0 Å². The molecule has 0 aliphatic carbocycles. The van der Waals surface area contributed by atoms with Crippen LogP contribution in [0.15, 0.2) is 79.1 Å². The third-order valence-electron chi connectivity index (χ3n) is 3.24. The van der Waals surface area contributed by atoms with Crippen LogP contribution >= 0.6 is 0 Å². The molecule has 0 aliphatic heterocycles. The molecule has 0 radical (unpaired) electrons. The second-order valence-electron chi connectivity index (χ2n) is 4.90. The number of nitrogens with zero attached hydrogens (tertiary/aromatic N) is 2. The molecule has 2 nitrogen and oxygen atoms in total. The highest BCUT2D eigenvalue weighted by Crippen LogP contribution is 2.11. The molecule has 116 valence electrons. The van der Waals surface area contributed by atoms with Gasteiger partial charge in [-0.05, 0) is 36.8 Å². The van der Waals surface area contributed by atoms with Crippen LogP contribution in [0.2, 0.25) is 0 Å². The van der Waals surface area contributed by atoms with E-state index in [1.165, 1.54) is 16.3 Å². The average molecular weight is 302 g/mol. The molecule has 2 heterocycles. The summed E-state index contributed by atoms with van der Waals surface area (Å²) >= 11 is 0. The van der Waals surface area contributed by atoms with Gasteiger partial charge in [0.05, 0.1) is 11.0 Å². The van der Waals surface area contributed by atoms with Crippen molar-refractivity contribution >= 4 is 21.8 Å². The van der Waals surface area contributed by atoms with Crippen LogP contribution < -0.4 is 0 Å². The Hall–Kier alpha value is -2.74.